The Labute approximate surface area is 170 Å². The van der Waals surface area contributed by atoms with Gasteiger partial charge in [0.15, 0.2) is 5.78 Å². The first kappa shape index (κ1) is 20.6. The molecule has 1 aromatic carbocycles. The predicted molar refractivity (Wildman–Crippen MR) is 113 cm³/mol. The van der Waals surface area contributed by atoms with Crippen molar-refractivity contribution < 1.29 is 14.7 Å². The molecule has 0 amide bonds. The molecule has 6 heteroatoms. The van der Waals surface area contributed by atoms with Crippen LogP contribution in [0.4, 0.5) is 0 Å². The molecule has 0 aliphatic carbocycles. The van der Waals surface area contributed by atoms with E-state index in [1.165, 1.54) is 6.08 Å². The third-order valence-electron chi connectivity index (χ3n) is 4.85. The fourth-order valence-corrected chi connectivity index (χ4v) is 3.13. The predicted octanol–water partition coefficient (Wildman–Crippen LogP) is 2.82. The number of rotatable bonds is 7. The third-order valence-corrected chi connectivity index (χ3v) is 4.85. The average Bonchev–Trinajstić information content (AvgIpc) is 2.73. The summed E-state index contributed by atoms with van der Waals surface area (Å²) in [5, 5.41) is 8.64. The van der Waals surface area contributed by atoms with Crippen LogP contribution < -0.4 is 0 Å². The minimum absolute atomic E-state index is 0.0555. The van der Waals surface area contributed by atoms with Crippen molar-refractivity contribution in [2.75, 3.05) is 33.2 Å². The van der Waals surface area contributed by atoms with Crippen LogP contribution >= 0.6 is 0 Å². The average molecular weight is 391 g/mol. The lowest BCUT2D eigenvalue weighted by Crippen LogP contribution is -2.43. The van der Waals surface area contributed by atoms with Gasteiger partial charge in [-0.05, 0) is 48.5 Å². The summed E-state index contributed by atoms with van der Waals surface area (Å²) in [4.78, 5) is 32.0. The van der Waals surface area contributed by atoms with Gasteiger partial charge in [0.1, 0.15) is 0 Å². The van der Waals surface area contributed by atoms with Crippen LogP contribution in [-0.2, 0) is 11.3 Å². The highest BCUT2D eigenvalue weighted by atomic mass is 16.4. The van der Waals surface area contributed by atoms with Crippen molar-refractivity contribution in [1.29, 1.82) is 0 Å². The molecule has 3 rings (SSSR count). The van der Waals surface area contributed by atoms with E-state index in [0.717, 1.165) is 49.9 Å². The summed E-state index contributed by atoms with van der Waals surface area (Å²) in [6, 6.07) is 11.3. The number of carbonyl (C=O) groups excluding carboxylic acids is 1. The number of likely N-dealkylation sites (N-methyl/N-ethyl adjacent to an activating group) is 1. The lowest BCUT2D eigenvalue weighted by Gasteiger charge is -2.32. The SMILES string of the molecule is CN1CCN(Cc2cccc(C(=O)/C=C/c3ccc(/C=C/C(=O)O)nc3)c2)CC1. The van der Waals surface area contributed by atoms with E-state index in [1.807, 2.05) is 18.2 Å². The van der Waals surface area contributed by atoms with E-state index < -0.39 is 5.97 Å². The lowest BCUT2D eigenvalue weighted by molar-refractivity contribution is -0.131. The molecule has 0 atom stereocenters. The number of piperazine rings is 1. The van der Waals surface area contributed by atoms with E-state index in [0.29, 0.717) is 11.3 Å². The molecular weight excluding hydrogens is 366 g/mol. The minimum Gasteiger partial charge on any atom is -0.478 e. The van der Waals surface area contributed by atoms with E-state index in [-0.39, 0.29) is 5.78 Å². The van der Waals surface area contributed by atoms with Crippen molar-refractivity contribution >= 4 is 23.9 Å². The topological polar surface area (TPSA) is 73.7 Å². The van der Waals surface area contributed by atoms with Crippen LogP contribution in [0.15, 0.2) is 54.7 Å². The molecule has 1 aromatic heterocycles. The van der Waals surface area contributed by atoms with E-state index in [9.17, 15) is 9.59 Å². The van der Waals surface area contributed by atoms with Gasteiger partial charge >= 0.3 is 5.97 Å². The maximum atomic E-state index is 12.5. The van der Waals surface area contributed by atoms with Crippen molar-refractivity contribution in [3.05, 3.63) is 77.1 Å². The van der Waals surface area contributed by atoms with Crippen molar-refractivity contribution in [2.45, 2.75) is 6.54 Å². The molecule has 1 aliphatic heterocycles. The monoisotopic (exact) mass is 391 g/mol. The summed E-state index contributed by atoms with van der Waals surface area (Å²) in [6.45, 7) is 5.08. The second-order valence-corrected chi connectivity index (χ2v) is 7.17. The summed E-state index contributed by atoms with van der Waals surface area (Å²) in [5.74, 6) is -1.07. The molecule has 1 saturated heterocycles. The molecule has 2 heterocycles. The van der Waals surface area contributed by atoms with Gasteiger partial charge in [-0.1, -0.05) is 24.3 Å². The van der Waals surface area contributed by atoms with Gasteiger partial charge in [-0.3, -0.25) is 14.7 Å². The number of carbonyl (C=O) groups is 2. The summed E-state index contributed by atoms with van der Waals surface area (Å²) in [6.07, 6.45) is 7.32. The van der Waals surface area contributed by atoms with Gasteiger partial charge in [0.25, 0.3) is 0 Å². The Bertz CT molecular complexity index is 911. The van der Waals surface area contributed by atoms with E-state index in [2.05, 4.69) is 27.9 Å². The van der Waals surface area contributed by atoms with Crippen LogP contribution in [0.3, 0.4) is 0 Å². The smallest absolute Gasteiger partial charge is 0.328 e. The standard InChI is InChI=1S/C23H25N3O3/c1-25-11-13-26(14-12-25)17-19-3-2-4-20(15-19)22(27)9-6-18-5-7-21(24-16-18)8-10-23(28)29/h2-10,15-16H,11-14,17H2,1H3,(H,28,29)/b9-6+,10-8+. The second kappa shape index (κ2) is 9.91. The molecule has 0 spiro atoms. The van der Waals surface area contributed by atoms with Crippen LogP contribution in [0.25, 0.3) is 12.2 Å². The zero-order valence-electron chi connectivity index (χ0n) is 16.5. The number of aliphatic carboxylic acids is 1. The van der Waals surface area contributed by atoms with Crippen molar-refractivity contribution in [3.63, 3.8) is 0 Å². The Morgan fingerprint density at radius 3 is 2.55 bits per heavy atom. The first-order valence-corrected chi connectivity index (χ1v) is 9.59. The normalized spacial score (nSPS) is 15.9. The summed E-state index contributed by atoms with van der Waals surface area (Å²) >= 11 is 0. The van der Waals surface area contributed by atoms with Gasteiger partial charge in [0, 0.05) is 50.6 Å². The highest BCUT2D eigenvalue weighted by molar-refractivity contribution is 6.06. The molecule has 1 fully saturated rings. The largest absolute Gasteiger partial charge is 0.478 e. The van der Waals surface area contributed by atoms with Crippen molar-refractivity contribution in [1.82, 2.24) is 14.8 Å². The number of nitrogens with zero attached hydrogens (tertiary/aromatic N) is 3. The number of carboxylic acids is 1. The molecule has 29 heavy (non-hydrogen) atoms. The van der Waals surface area contributed by atoms with Gasteiger partial charge in [0.2, 0.25) is 0 Å². The molecule has 0 unspecified atom stereocenters. The fourth-order valence-electron chi connectivity index (χ4n) is 3.13. The summed E-state index contributed by atoms with van der Waals surface area (Å²) in [5.41, 5.74) is 3.14. The molecule has 0 radical (unpaired) electrons. The van der Waals surface area contributed by atoms with Crippen LogP contribution in [0.2, 0.25) is 0 Å². The number of pyridine rings is 1. The zero-order chi connectivity index (χ0) is 20.6. The van der Waals surface area contributed by atoms with Gasteiger partial charge in [-0.15, -0.1) is 0 Å². The Morgan fingerprint density at radius 2 is 1.86 bits per heavy atom. The van der Waals surface area contributed by atoms with E-state index in [1.54, 1.807) is 30.5 Å². The quantitative estimate of drug-likeness (QED) is 0.578. The molecule has 150 valence electrons. The number of hydrogen-bond donors (Lipinski definition) is 1. The molecule has 6 nitrogen and oxygen atoms in total. The van der Waals surface area contributed by atoms with Gasteiger partial charge in [-0.2, -0.15) is 0 Å². The lowest BCUT2D eigenvalue weighted by atomic mass is 10.1. The number of allylic oxidation sites excluding steroid dienone is 1. The number of aromatic nitrogens is 1. The first-order chi connectivity index (χ1) is 14.0. The van der Waals surface area contributed by atoms with Crippen molar-refractivity contribution in [2.24, 2.45) is 0 Å². The molecule has 0 saturated carbocycles. The molecular formula is C23H25N3O3. The van der Waals surface area contributed by atoms with Gasteiger partial charge < -0.3 is 10.0 Å². The minimum atomic E-state index is -1.02. The number of hydrogen-bond acceptors (Lipinski definition) is 5. The maximum Gasteiger partial charge on any atom is 0.328 e. The Kier molecular flexibility index (Phi) is 7.05. The number of ketones is 1. The molecule has 2 aromatic rings. The summed E-state index contributed by atoms with van der Waals surface area (Å²) < 4.78 is 0. The van der Waals surface area contributed by atoms with Crippen LogP contribution in [0, 0.1) is 0 Å². The third kappa shape index (κ3) is 6.48. The summed E-state index contributed by atoms with van der Waals surface area (Å²) in [7, 11) is 2.14. The molecule has 1 aliphatic rings. The number of benzene rings is 1. The van der Waals surface area contributed by atoms with Crippen molar-refractivity contribution in [3.8, 4) is 0 Å². The Hall–Kier alpha value is -3.09. The Balaban J connectivity index is 1.60. The highest BCUT2D eigenvalue weighted by Gasteiger charge is 2.14. The van der Waals surface area contributed by atoms with Gasteiger partial charge in [0.05, 0.1) is 5.69 Å². The number of carboxylic acid groups (broad SMARTS) is 1. The van der Waals surface area contributed by atoms with E-state index >= 15 is 0 Å². The highest BCUT2D eigenvalue weighted by Crippen LogP contribution is 2.12. The van der Waals surface area contributed by atoms with Crippen LogP contribution in [-0.4, -0.2) is 64.9 Å². The fraction of sp³-hybridized carbons (Fsp3) is 0.261. The molecule has 0 bridgehead atoms. The van der Waals surface area contributed by atoms with Gasteiger partial charge in [-0.25, -0.2) is 4.79 Å². The second-order valence-electron chi connectivity index (χ2n) is 7.17. The maximum absolute atomic E-state index is 12.5. The van der Waals surface area contributed by atoms with Crippen LogP contribution in [0.5, 0.6) is 0 Å². The zero-order valence-corrected chi connectivity index (χ0v) is 16.5. The van der Waals surface area contributed by atoms with Crippen LogP contribution in [0.1, 0.15) is 27.2 Å². The molecule has 1 N–H and O–H groups in total. The van der Waals surface area contributed by atoms with E-state index in [4.69, 9.17) is 5.11 Å². The Morgan fingerprint density at radius 1 is 1.07 bits per heavy atom. The first-order valence-electron chi connectivity index (χ1n) is 9.59.